The molecule has 1 N–H and O–H groups in total. The highest BCUT2D eigenvalue weighted by Gasteiger charge is 2.25. The van der Waals surface area contributed by atoms with Crippen molar-refractivity contribution in [1.82, 2.24) is 5.32 Å². The highest BCUT2D eigenvalue weighted by Crippen LogP contribution is 2.26. The maximum Gasteiger partial charge on any atom is 0.141 e. The number of Topliss-reactive ketones (excluding diaryl/α,β-unsaturated/α-hetero) is 1. The molecule has 0 saturated heterocycles. The number of benzene rings is 1. The fourth-order valence-corrected chi connectivity index (χ4v) is 2.68. The van der Waals surface area contributed by atoms with Crippen LogP contribution in [0, 0.1) is 0 Å². The Morgan fingerprint density at radius 2 is 2.11 bits per heavy atom. The first-order valence-electron chi connectivity index (χ1n) is 7.14. The Bertz CT molecular complexity index is 400. The van der Waals surface area contributed by atoms with E-state index in [0.29, 0.717) is 5.78 Å². The molecule has 0 amide bonds. The van der Waals surface area contributed by atoms with Gasteiger partial charge in [-0.1, -0.05) is 50.5 Å². The van der Waals surface area contributed by atoms with Crippen molar-refractivity contribution in [1.29, 1.82) is 0 Å². The Morgan fingerprint density at radius 1 is 1.28 bits per heavy atom. The molecule has 0 spiro atoms. The minimum atomic E-state index is 0.0802. The van der Waals surface area contributed by atoms with Crippen LogP contribution >= 0.6 is 0 Å². The maximum atomic E-state index is 12.3. The Kier molecular flexibility index (Phi) is 4.94. The zero-order valence-electron chi connectivity index (χ0n) is 11.2. The molecule has 0 aromatic heterocycles. The average Bonchev–Trinajstić information content (AvgIpc) is 2.43. The second kappa shape index (κ2) is 6.69. The summed E-state index contributed by atoms with van der Waals surface area (Å²) in [5.74, 6) is 0.488. The number of hydrogen-bond donors (Lipinski definition) is 1. The maximum absolute atomic E-state index is 12.3. The predicted octanol–water partition coefficient (Wildman–Crippen LogP) is 3.41. The monoisotopic (exact) mass is 245 g/mol. The first-order chi connectivity index (χ1) is 8.83. The van der Waals surface area contributed by atoms with Gasteiger partial charge < -0.3 is 5.32 Å². The summed E-state index contributed by atoms with van der Waals surface area (Å²) in [4.78, 5) is 12.3. The number of rotatable bonds is 6. The molecule has 1 aliphatic heterocycles. The van der Waals surface area contributed by atoms with Gasteiger partial charge in [0.05, 0.1) is 5.92 Å². The Balaban J connectivity index is 1.95. The van der Waals surface area contributed by atoms with E-state index in [4.69, 9.17) is 0 Å². The van der Waals surface area contributed by atoms with E-state index in [1.165, 1.54) is 30.4 Å². The van der Waals surface area contributed by atoms with E-state index in [9.17, 15) is 4.79 Å². The summed E-state index contributed by atoms with van der Waals surface area (Å²) in [7, 11) is 0. The molecule has 0 aliphatic carbocycles. The van der Waals surface area contributed by atoms with Crippen molar-refractivity contribution in [2.24, 2.45) is 0 Å². The summed E-state index contributed by atoms with van der Waals surface area (Å²) in [6, 6.07) is 8.33. The lowest BCUT2D eigenvalue weighted by molar-refractivity contribution is -0.120. The molecule has 1 aromatic rings. The van der Waals surface area contributed by atoms with Crippen LogP contribution in [0.15, 0.2) is 24.3 Å². The summed E-state index contributed by atoms with van der Waals surface area (Å²) in [6.45, 7) is 3.91. The van der Waals surface area contributed by atoms with Crippen LogP contribution in [0.4, 0.5) is 0 Å². The lowest BCUT2D eigenvalue weighted by Gasteiger charge is -2.25. The van der Waals surface area contributed by atoms with Gasteiger partial charge in [-0.15, -0.1) is 0 Å². The van der Waals surface area contributed by atoms with Crippen molar-refractivity contribution in [3.05, 3.63) is 35.4 Å². The number of hydrogen-bond acceptors (Lipinski definition) is 2. The number of carbonyl (C=O) groups is 1. The van der Waals surface area contributed by atoms with Gasteiger partial charge in [0, 0.05) is 19.5 Å². The van der Waals surface area contributed by atoms with E-state index in [1.54, 1.807) is 0 Å². The van der Waals surface area contributed by atoms with E-state index in [0.717, 1.165) is 25.9 Å². The van der Waals surface area contributed by atoms with Crippen molar-refractivity contribution in [2.75, 3.05) is 6.54 Å². The van der Waals surface area contributed by atoms with Gasteiger partial charge in [0.15, 0.2) is 0 Å². The van der Waals surface area contributed by atoms with Crippen LogP contribution in [0.2, 0.25) is 0 Å². The van der Waals surface area contributed by atoms with Crippen LogP contribution in [0.1, 0.15) is 56.1 Å². The molecule has 18 heavy (non-hydrogen) atoms. The van der Waals surface area contributed by atoms with E-state index >= 15 is 0 Å². The lowest BCUT2D eigenvalue weighted by Crippen LogP contribution is -2.32. The third-order valence-corrected chi connectivity index (χ3v) is 3.76. The fraction of sp³-hybridized carbons (Fsp3) is 0.562. The molecule has 0 radical (unpaired) electrons. The number of ketones is 1. The number of fused-ring (bicyclic) bond motifs is 1. The summed E-state index contributed by atoms with van der Waals surface area (Å²) in [5.41, 5.74) is 2.53. The molecule has 0 fully saturated rings. The summed E-state index contributed by atoms with van der Waals surface area (Å²) in [5, 5.41) is 3.35. The van der Waals surface area contributed by atoms with Crippen LogP contribution < -0.4 is 5.32 Å². The van der Waals surface area contributed by atoms with E-state index in [1.807, 2.05) is 6.07 Å². The topological polar surface area (TPSA) is 29.1 Å². The molecule has 0 saturated carbocycles. The molecular weight excluding hydrogens is 222 g/mol. The average molecular weight is 245 g/mol. The van der Waals surface area contributed by atoms with Crippen molar-refractivity contribution < 1.29 is 4.79 Å². The van der Waals surface area contributed by atoms with Crippen molar-refractivity contribution >= 4 is 5.78 Å². The van der Waals surface area contributed by atoms with Crippen molar-refractivity contribution in [2.45, 2.75) is 51.5 Å². The molecule has 1 unspecified atom stereocenters. The molecule has 98 valence electrons. The SMILES string of the molecule is CCCCCCC(=O)C1CNCc2ccccc21. The van der Waals surface area contributed by atoms with Crippen molar-refractivity contribution in [3.8, 4) is 0 Å². The van der Waals surface area contributed by atoms with Gasteiger partial charge in [-0.05, 0) is 17.5 Å². The third-order valence-electron chi connectivity index (χ3n) is 3.76. The van der Waals surface area contributed by atoms with Gasteiger partial charge in [-0.25, -0.2) is 0 Å². The van der Waals surface area contributed by atoms with E-state index < -0.39 is 0 Å². The Morgan fingerprint density at radius 3 is 2.94 bits per heavy atom. The number of carbonyl (C=O) groups excluding carboxylic acids is 1. The lowest BCUT2D eigenvalue weighted by atomic mass is 9.86. The van der Waals surface area contributed by atoms with Gasteiger partial charge in [-0.2, -0.15) is 0 Å². The van der Waals surface area contributed by atoms with Gasteiger partial charge in [0.1, 0.15) is 5.78 Å². The largest absolute Gasteiger partial charge is 0.312 e. The van der Waals surface area contributed by atoms with Crippen LogP contribution in [-0.4, -0.2) is 12.3 Å². The summed E-state index contributed by atoms with van der Waals surface area (Å²) in [6.07, 6.45) is 5.44. The molecule has 2 rings (SSSR count). The van der Waals surface area contributed by atoms with E-state index in [-0.39, 0.29) is 5.92 Å². The quantitative estimate of drug-likeness (QED) is 0.778. The second-order valence-corrected chi connectivity index (χ2v) is 5.16. The van der Waals surface area contributed by atoms with Gasteiger partial charge in [0.25, 0.3) is 0 Å². The minimum Gasteiger partial charge on any atom is -0.312 e. The summed E-state index contributed by atoms with van der Waals surface area (Å²) < 4.78 is 0. The standard InChI is InChI=1S/C16H23NO/c1-2-3-4-5-10-16(18)15-12-17-11-13-8-6-7-9-14(13)15/h6-9,15,17H,2-5,10-12H2,1H3. The zero-order valence-corrected chi connectivity index (χ0v) is 11.2. The van der Waals surface area contributed by atoms with Gasteiger partial charge in [0.2, 0.25) is 0 Å². The molecule has 2 nitrogen and oxygen atoms in total. The minimum absolute atomic E-state index is 0.0802. The first kappa shape index (κ1) is 13.3. The third kappa shape index (κ3) is 3.20. The normalized spacial score (nSPS) is 18.4. The second-order valence-electron chi connectivity index (χ2n) is 5.16. The van der Waals surface area contributed by atoms with Crippen LogP contribution in [0.3, 0.4) is 0 Å². The molecule has 1 aromatic carbocycles. The number of nitrogens with one attached hydrogen (secondary N) is 1. The van der Waals surface area contributed by atoms with Crippen LogP contribution in [-0.2, 0) is 11.3 Å². The summed E-state index contributed by atoms with van der Waals surface area (Å²) >= 11 is 0. The van der Waals surface area contributed by atoms with Gasteiger partial charge >= 0.3 is 0 Å². The Hall–Kier alpha value is -1.15. The van der Waals surface area contributed by atoms with E-state index in [2.05, 4.69) is 30.4 Å². The van der Waals surface area contributed by atoms with Gasteiger partial charge in [-0.3, -0.25) is 4.79 Å². The van der Waals surface area contributed by atoms with Crippen molar-refractivity contribution in [3.63, 3.8) is 0 Å². The number of unbranched alkanes of at least 4 members (excludes halogenated alkanes) is 3. The highest BCUT2D eigenvalue weighted by atomic mass is 16.1. The predicted molar refractivity (Wildman–Crippen MR) is 74.7 cm³/mol. The smallest absolute Gasteiger partial charge is 0.141 e. The molecule has 0 bridgehead atoms. The molecule has 1 heterocycles. The molecular formula is C16H23NO. The molecule has 2 heteroatoms. The molecule has 1 atom stereocenters. The van der Waals surface area contributed by atoms with Crippen LogP contribution in [0.5, 0.6) is 0 Å². The highest BCUT2D eigenvalue weighted by molar-refractivity contribution is 5.86. The van der Waals surface area contributed by atoms with Crippen LogP contribution in [0.25, 0.3) is 0 Å². The first-order valence-corrected chi connectivity index (χ1v) is 7.14. The Labute approximate surface area is 110 Å². The fourth-order valence-electron chi connectivity index (χ4n) is 2.68. The molecule has 1 aliphatic rings. The zero-order chi connectivity index (χ0) is 12.8.